The molecular formula is C12H14INO3. The van der Waals surface area contributed by atoms with Gasteiger partial charge in [0.05, 0.1) is 7.11 Å². The Morgan fingerprint density at radius 2 is 1.88 bits per heavy atom. The lowest BCUT2D eigenvalue weighted by Crippen LogP contribution is -2.36. The zero-order chi connectivity index (χ0) is 12.8. The van der Waals surface area contributed by atoms with Crippen LogP contribution in [-0.4, -0.2) is 37.0 Å². The first-order valence-electron chi connectivity index (χ1n) is 5.20. The number of hydrogen-bond acceptors (Lipinski definition) is 3. The van der Waals surface area contributed by atoms with Gasteiger partial charge in [-0.15, -0.1) is 0 Å². The SMILES string of the molecule is CCN(CC(=O)OC)C(=O)c1ccc(I)cc1. The Labute approximate surface area is 114 Å². The first-order valence-corrected chi connectivity index (χ1v) is 6.28. The van der Waals surface area contributed by atoms with Crippen LogP contribution in [0.2, 0.25) is 0 Å². The molecule has 0 fully saturated rings. The molecule has 5 heteroatoms. The third-order valence-electron chi connectivity index (χ3n) is 2.31. The Morgan fingerprint density at radius 3 is 2.35 bits per heavy atom. The Kier molecular flexibility index (Phi) is 5.40. The van der Waals surface area contributed by atoms with Crippen LogP contribution >= 0.6 is 22.6 Å². The van der Waals surface area contributed by atoms with Crippen molar-refractivity contribution in [1.29, 1.82) is 0 Å². The predicted octanol–water partition coefficient (Wildman–Crippen LogP) is 1.93. The fraction of sp³-hybridized carbons (Fsp3) is 0.333. The fourth-order valence-corrected chi connectivity index (χ4v) is 1.68. The van der Waals surface area contributed by atoms with Crippen LogP contribution in [0.4, 0.5) is 0 Å². The van der Waals surface area contributed by atoms with Gasteiger partial charge in [-0.1, -0.05) is 0 Å². The number of carbonyl (C=O) groups is 2. The van der Waals surface area contributed by atoms with Crippen molar-refractivity contribution in [3.63, 3.8) is 0 Å². The molecule has 4 nitrogen and oxygen atoms in total. The summed E-state index contributed by atoms with van der Waals surface area (Å²) in [5, 5.41) is 0. The molecule has 1 aromatic carbocycles. The van der Waals surface area contributed by atoms with E-state index in [2.05, 4.69) is 27.3 Å². The summed E-state index contributed by atoms with van der Waals surface area (Å²) in [6.07, 6.45) is 0. The van der Waals surface area contributed by atoms with E-state index in [0.29, 0.717) is 12.1 Å². The number of ether oxygens (including phenoxy) is 1. The molecule has 0 saturated heterocycles. The molecule has 0 spiro atoms. The third kappa shape index (κ3) is 3.99. The maximum absolute atomic E-state index is 12.1. The second-order valence-corrected chi connectivity index (χ2v) is 4.65. The normalized spacial score (nSPS) is 9.82. The largest absolute Gasteiger partial charge is 0.468 e. The van der Waals surface area contributed by atoms with Crippen molar-refractivity contribution in [2.24, 2.45) is 0 Å². The van der Waals surface area contributed by atoms with Crippen LogP contribution in [0.15, 0.2) is 24.3 Å². The molecule has 0 aliphatic heterocycles. The van der Waals surface area contributed by atoms with E-state index in [1.54, 1.807) is 12.1 Å². The first kappa shape index (κ1) is 14.0. The molecule has 0 atom stereocenters. The molecule has 0 radical (unpaired) electrons. The van der Waals surface area contributed by atoms with E-state index in [1.165, 1.54) is 12.0 Å². The molecule has 17 heavy (non-hydrogen) atoms. The van der Waals surface area contributed by atoms with E-state index in [4.69, 9.17) is 0 Å². The minimum absolute atomic E-state index is 0.0161. The zero-order valence-electron chi connectivity index (χ0n) is 9.77. The van der Waals surface area contributed by atoms with Crippen LogP contribution in [0.5, 0.6) is 0 Å². The van der Waals surface area contributed by atoms with Crippen LogP contribution in [-0.2, 0) is 9.53 Å². The van der Waals surface area contributed by atoms with E-state index in [9.17, 15) is 9.59 Å². The number of amides is 1. The van der Waals surface area contributed by atoms with E-state index in [1.807, 2.05) is 19.1 Å². The van der Waals surface area contributed by atoms with Gasteiger partial charge in [-0.25, -0.2) is 0 Å². The lowest BCUT2D eigenvalue weighted by molar-refractivity contribution is -0.141. The Bertz CT molecular complexity index is 403. The van der Waals surface area contributed by atoms with Crippen LogP contribution in [0.25, 0.3) is 0 Å². The highest BCUT2D eigenvalue weighted by atomic mass is 127. The van der Waals surface area contributed by atoms with E-state index in [-0.39, 0.29) is 12.5 Å². The van der Waals surface area contributed by atoms with Gasteiger partial charge in [-0.2, -0.15) is 0 Å². The van der Waals surface area contributed by atoms with E-state index < -0.39 is 5.97 Å². The summed E-state index contributed by atoms with van der Waals surface area (Å²) in [5.41, 5.74) is 0.580. The van der Waals surface area contributed by atoms with Crippen molar-refractivity contribution < 1.29 is 14.3 Å². The molecule has 0 N–H and O–H groups in total. The molecule has 0 bridgehead atoms. The number of rotatable bonds is 4. The average Bonchev–Trinajstić information content (AvgIpc) is 2.35. The van der Waals surface area contributed by atoms with Crippen LogP contribution < -0.4 is 0 Å². The molecule has 1 aromatic rings. The molecule has 92 valence electrons. The second kappa shape index (κ2) is 6.58. The van der Waals surface area contributed by atoms with Gasteiger partial charge in [0.2, 0.25) is 0 Å². The van der Waals surface area contributed by atoms with Gasteiger partial charge in [0.15, 0.2) is 0 Å². The summed E-state index contributed by atoms with van der Waals surface area (Å²) in [6, 6.07) is 7.23. The highest BCUT2D eigenvalue weighted by Crippen LogP contribution is 2.09. The number of methoxy groups -OCH3 is 1. The highest BCUT2D eigenvalue weighted by molar-refractivity contribution is 14.1. The van der Waals surface area contributed by atoms with Crippen LogP contribution in [0, 0.1) is 3.57 Å². The van der Waals surface area contributed by atoms with E-state index >= 15 is 0 Å². The van der Waals surface area contributed by atoms with Gasteiger partial charge in [-0.3, -0.25) is 9.59 Å². The molecular weight excluding hydrogens is 333 g/mol. The molecule has 0 aliphatic rings. The Morgan fingerprint density at radius 1 is 1.29 bits per heavy atom. The molecule has 0 aromatic heterocycles. The number of benzene rings is 1. The number of esters is 1. The number of nitrogens with zero attached hydrogens (tertiary/aromatic N) is 1. The number of likely N-dealkylation sites (N-methyl/N-ethyl adjacent to an activating group) is 1. The van der Waals surface area contributed by atoms with Crippen molar-refractivity contribution in [3.8, 4) is 0 Å². The molecule has 0 saturated carbocycles. The predicted molar refractivity (Wildman–Crippen MR) is 72.8 cm³/mol. The summed E-state index contributed by atoms with van der Waals surface area (Å²) in [6.45, 7) is 2.28. The summed E-state index contributed by atoms with van der Waals surface area (Å²) in [4.78, 5) is 24.7. The molecule has 0 heterocycles. The summed E-state index contributed by atoms with van der Waals surface area (Å²) >= 11 is 2.17. The van der Waals surface area contributed by atoms with Gasteiger partial charge in [0, 0.05) is 15.7 Å². The lowest BCUT2D eigenvalue weighted by atomic mass is 10.2. The fourth-order valence-electron chi connectivity index (χ4n) is 1.32. The minimum atomic E-state index is -0.411. The van der Waals surface area contributed by atoms with E-state index in [0.717, 1.165) is 3.57 Å². The smallest absolute Gasteiger partial charge is 0.325 e. The second-order valence-electron chi connectivity index (χ2n) is 3.40. The summed E-state index contributed by atoms with van der Waals surface area (Å²) in [5.74, 6) is -0.569. The van der Waals surface area contributed by atoms with Crippen molar-refractivity contribution in [2.45, 2.75) is 6.92 Å². The van der Waals surface area contributed by atoms with Crippen LogP contribution in [0.3, 0.4) is 0 Å². The molecule has 0 unspecified atom stereocenters. The van der Waals surface area contributed by atoms with Gasteiger partial charge >= 0.3 is 5.97 Å². The standard InChI is InChI=1S/C12H14INO3/c1-3-14(8-11(15)17-2)12(16)9-4-6-10(13)7-5-9/h4-7H,3,8H2,1-2H3. The molecule has 1 rings (SSSR count). The number of halogens is 1. The maximum atomic E-state index is 12.1. The van der Waals surface area contributed by atoms with Gasteiger partial charge in [0.25, 0.3) is 5.91 Å². The zero-order valence-corrected chi connectivity index (χ0v) is 11.9. The molecule has 0 aliphatic carbocycles. The minimum Gasteiger partial charge on any atom is -0.468 e. The van der Waals surface area contributed by atoms with Crippen molar-refractivity contribution >= 4 is 34.5 Å². The van der Waals surface area contributed by atoms with Crippen molar-refractivity contribution in [2.75, 3.05) is 20.2 Å². The lowest BCUT2D eigenvalue weighted by Gasteiger charge is -2.19. The summed E-state index contributed by atoms with van der Waals surface area (Å²) in [7, 11) is 1.31. The Balaban J connectivity index is 2.78. The molecule has 1 amide bonds. The number of carbonyl (C=O) groups excluding carboxylic acids is 2. The quantitative estimate of drug-likeness (QED) is 0.618. The van der Waals surface area contributed by atoms with Crippen molar-refractivity contribution in [1.82, 2.24) is 4.90 Å². The maximum Gasteiger partial charge on any atom is 0.325 e. The summed E-state index contributed by atoms with van der Waals surface area (Å²) < 4.78 is 5.62. The highest BCUT2D eigenvalue weighted by Gasteiger charge is 2.17. The van der Waals surface area contributed by atoms with Crippen molar-refractivity contribution in [3.05, 3.63) is 33.4 Å². The van der Waals surface area contributed by atoms with Gasteiger partial charge < -0.3 is 9.64 Å². The topological polar surface area (TPSA) is 46.6 Å². The first-order chi connectivity index (χ1) is 8.08. The average molecular weight is 347 g/mol. The number of hydrogen-bond donors (Lipinski definition) is 0. The third-order valence-corrected chi connectivity index (χ3v) is 3.03. The van der Waals surface area contributed by atoms with Crippen LogP contribution in [0.1, 0.15) is 17.3 Å². The van der Waals surface area contributed by atoms with Gasteiger partial charge in [0.1, 0.15) is 6.54 Å². The monoisotopic (exact) mass is 347 g/mol. The van der Waals surface area contributed by atoms with Gasteiger partial charge in [-0.05, 0) is 53.8 Å². The Hall–Kier alpha value is -1.11.